The van der Waals surface area contributed by atoms with Crippen LogP contribution in [0.15, 0.2) is 52.2 Å². The fourth-order valence-electron chi connectivity index (χ4n) is 2.75. The topological polar surface area (TPSA) is 109 Å². The molecule has 0 spiro atoms. The molecule has 0 unspecified atom stereocenters. The molecule has 1 aromatic carbocycles. The molecule has 142 valence electrons. The Kier molecular flexibility index (Phi) is 6.06. The summed E-state index contributed by atoms with van der Waals surface area (Å²) in [5.41, 5.74) is 1.96. The fourth-order valence-corrected chi connectivity index (χ4v) is 3.59. The largest absolute Gasteiger partial charge is 0.469 e. The van der Waals surface area contributed by atoms with E-state index in [1.54, 1.807) is 6.26 Å². The molecule has 0 aliphatic rings. The zero-order chi connectivity index (χ0) is 20.1. The van der Waals surface area contributed by atoms with Gasteiger partial charge in [0.25, 0.3) is 0 Å². The lowest BCUT2D eigenvalue weighted by Gasteiger charge is -2.10. The van der Waals surface area contributed by atoms with Gasteiger partial charge < -0.3 is 9.83 Å². The zero-order valence-corrected chi connectivity index (χ0v) is 16.4. The van der Waals surface area contributed by atoms with Gasteiger partial charge >= 0.3 is 0 Å². The molecule has 8 heteroatoms. The normalized spacial score (nSPS) is 11.8. The molecular weight excluding hydrogens is 374 g/mol. The molecule has 2 heterocycles. The Hall–Kier alpha value is -3.18. The third-order valence-corrected chi connectivity index (χ3v) is 5.22. The second-order valence-electron chi connectivity index (χ2n) is 6.27. The lowest BCUT2D eigenvalue weighted by Crippen LogP contribution is -2.21. The number of furan rings is 1. The highest BCUT2D eigenvalue weighted by atomic mass is 32.2. The molecule has 0 aliphatic carbocycles. The van der Waals surface area contributed by atoms with E-state index in [4.69, 9.17) is 15.1 Å². The number of thioether (sulfide) groups is 1. The summed E-state index contributed by atoms with van der Waals surface area (Å²) in [4.78, 5) is 12.3. The van der Waals surface area contributed by atoms with Crippen LogP contribution in [0.5, 0.6) is 0 Å². The summed E-state index contributed by atoms with van der Waals surface area (Å²) in [5.74, 6) is 0.110. The van der Waals surface area contributed by atoms with Gasteiger partial charge in [-0.15, -0.1) is 10.2 Å². The number of carbonyl (C=O) groups excluding carboxylic acids is 1. The molecule has 0 fully saturated rings. The van der Waals surface area contributed by atoms with E-state index in [2.05, 4.69) is 10.2 Å². The summed E-state index contributed by atoms with van der Waals surface area (Å²) in [6.07, 6.45) is 1.60. The first-order valence-electron chi connectivity index (χ1n) is 8.63. The predicted molar refractivity (Wildman–Crippen MR) is 106 cm³/mol. The van der Waals surface area contributed by atoms with Crippen molar-refractivity contribution in [3.05, 3.63) is 54.0 Å². The van der Waals surface area contributed by atoms with Gasteiger partial charge in [0, 0.05) is 5.71 Å². The molecule has 0 radical (unpaired) electrons. The average molecular weight is 393 g/mol. The zero-order valence-electron chi connectivity index (χ0n) is 15.5. The first-order chi connectivity index (χ1) is 13.5. The summed E-state index contributed by atoms with van der Waals surface area (Å²) in [6, 6.07) is 13.6. The number of nitrogens with zero attached hydrogens (tertiary/aromatic N) is 4. The highest BCUT2D eigenvalue weighted by molar-refractivity contribution is 7.99. The van der Waals surface area contributed by atoms with Crippen molar-refractivity contribution in [3.8, 4) is 17.5 Å². The second-order valence-corrected chi connectivity index (χ2v) is 7.21. The smallest absolute Gasteiger partial charge is 0.192 e. The molecule has 1 atom stereocenters. The summed E-state index contributed by atoms with van der Waals surface area (Å²) in [7, 11) is 0. The van der Waals surface area contributed by atoms with Gasteiger partial charge in [-0.2, -0.15) is 5.26 Å². The molecular formula is C20H19N5O2S. The van der Waals surface area contributed by atoms with Crippen molar-refractivity contribution in [2.75, 3.05) is 5.75 Å². The van der Waals surface area contributed by atoms with Crippen LogP contribution < -0.4 is 0 Å². The maximum Gasteiger partial charge on any atom is 0.192 e. The highest BCUT2D eigenvalue weighted by Gasteiger charge is 2.23. The number of hydrogen-bond donors (Lipinski definition) is 1. The first-order valence-corrected chi connectivity index (χ1v) is 9.61. The average Bonchev–Trinajstić information content (AvgIpc) is 3.27. The van der Waals surface area contributed by atoms with E-state index in [1.165, 1.54) is 18.7 Å². The Morgan fingerprint density at radius 2 is 2.07 bits per heavy atom. The van der Waals surface area contributed by atoms with Crippen molar-refractivity contribution in [2.24, 2.45) is 5.92 Å². The standard InChI is InChI=1S/C20H19N5O2S/c1-13(22)17(10-21)18(26)12-28-20-24-23-19(16-8-9-27-14(16)2)25(20)11-15-6-4-3-5-7-15/h3-9,17,22H,11-12H2,1-2H3/t17-/m0/s1. The van der Waals surface area contributed by atoms with Gasteiger partial charge in [-0.1, -0.05) is 42.1 Å². The van der Waals surface area contributed by atoms with Crippen molar-refractivity contribution in [1.29, 1.82) is 10.7 Å². The van der Waals surface area contributed by atoms with Crippen molar-refractivity contribution in [2.45, 2.75) is 25.5 Å². The van der Waals surface area contributed by atoms with Crippen LogP contribution in [-0.4, -0.2) is 32.0 Å². The van der Waals surface area contributed by atoms with Crippen LogP contribution in [0.25, 0.3) is 11.4 Å². The molecule has 0 saturated heterocycles. The van der Waals surface area contributed by atoms with E-state index in [1.807, 2.05) is 54.0 Å². The molecule has 28 heavy (non-hydrogen) atoms. The highest BCUT2D eigenvalue weighted by Crippen LogP contribution is 2.28. The van der Waals surface area contributed by atoms with E-state index in [9.17, 15) is 4.79 Å². The van der Waals surface area contributed by atoms with Gasteiger partial charge in [0.05, 0.1) is 30.2 Å². The fraction of sp³-hybridized carbons (Fsp3) is 0.250. The molecule has 3 aromatic rings. The lowest BCUT2D eigenvalue weighted by atomic mass is 10.0. The monoisotopic (exact) mass is 393 g/mol. The predicted octanol–water partition coefficient (Wildman–Crippen LogP) is 3.74. The maximum atomic E-state index is 12.3. The van der Waals surface area contributed by atoms with Crippen molar-refractivity contribution >= 4 is 23.3 Å². The summed E-state index contributed by atoms with van der Waals surface area (Å²) in [6.45, 7) is 3.86. The minimum absolute atomic E-state index is 0.0474. The number of rotatable bonds is 8. The van der Waals surface area contributed by atoms with E-state index < -0.39 is 5.92 Å². The molecule has 7 nitrogen and oxygen atoms in total. The number of aryl methyl sites for hydroxylation is 1. The van der Waals surface area contributed by atoms with Crippen LogP contribution in [0, 0.1) is 29.6 Å². The van der Waals surface area contributed by atoms with E-state index in [0.29, 0.717) is 17.5 Å². The molecule has 3 rings (SSSR count). The van der Waals surface area contributed by atoms with Crippen LogP contribution in [0.2, 0.25) is 0 Å². The van der Waals surface area contributed by atoms with Crippen LogP contribution in [0.4, 0.5) is 0 Å². The Morgan fingerprint density at radius 3 is 2.68 bits per heavy atom. The second kappa shape index (κ2) is 8.67. The number of hydrogen-bond acceptors (Lipinski definition) is 7. The van der Waals surface area contributed by atoms with Gasteiger partial charge in [-0.3, -0.25) is 9.36 Å². The van der Waals surface area contributed by atoms with Crippen molar-refractivity contribution in [1.82, 2.24) is 14.8 Å². The lowest BCUT2D eigenvalue weighted by molar-refractivity contribution is -0.117. The third-order valence-electron chi connectivity index (χ3n) is 4.23. The number of nitrogens with one attached hydrogen (secondary N) is 1. The summed E-state index contributed by atoms with van der Waals surface area (Å²) < 4.78 is 7.34. The van der Waals surface area contributed by atoms with Gasteiger partial charge in [0.1, 0.15) is 11.7 Å². The number of aromatic nitrogens is 3. The van der Waals surface area contributed by atoms with Crippen molar-refractivity contribution in [3.63, 3.8) is 0 Å². The summed E-state index contributed by atoms with van der Waals surface area (Å²) in [5, 5.41) is 25.8. The minimum Gasteiger partial charge on any atom is -0.469 e. The van der Waals surface area contributed by atoms with Crippen molar-refractivity contribution < 1.29 is 9.21 Å². The van der Waals surface area contributed by atoms with E-state index in [-0.39, 0.29) is 17.2 Å². The Morgan fingerprint density at radius 1 is 1.32 bits per heavy atom. The van der Waals surface area contributed by atoms with Crippen LogP contribution in [-0.2, 0) is 11.3 Å². The Balaban J connectivity index is 1.90. The van der Waals surface area contributed by atoms with Gasteiger partial charge in [0.15, 0.2) is 16.8 Å². The van der Waals surface area contributed by atoms with Gasteiger partial charge in [0.2, 0.25) is 0 Å². The number of benzene rings is 1. The number of nitriles is 1. The summed E-state index contributed by atoms with van der Waals surface area (Å²) >= 11 is 1.22. The quantitative estimate of drug-likeness (QED) is 0.461. The maximum absolute atomic E-state index is 12.3. The molecule has 0 aliphatic heterocycles. The SMILES string of the molecule is CC(=N)[C@H](C#N)C(=O)CSc1nnc(-c2ccoc2C)n1Cc1ccccc1. The van der Waals surface area contributed by atoms with E-state index in [0.717, 1.165) is 16.9 Å². The van der Waals surface area contributed by atoms with Crippen LogP contribution >= 0.6 is 11.8 Å². The van der Waals surface area contributed by atoms with Crippen LogP contribution in [0.3, 0.4) is 0 Å². The first kappa shape index (κ1) is 19.6. The minimum atomic E-state index is -1.02. The molecule has 2 aromatic heterocycles. The number of Topliss-reactive ketones (excluding diaryl/α,β-unsaturated/α-hetero) is 1. The Labute approximate surface area is 166 Å². The van der Waals surface area contributed by atoms with Gasteiger partial charge in [-0.25, -0.2) is 0 Å². The van der Waals surface area contributed by atoms with Crippen LogP contribution in [0.1, 0.15) is 18.2 Å². The molecule has 0 bridgehead atoms. The van der Waals surface area contributed by atoms with Gasteiger partial charge in [-0.05, 0) is 25.5 Å². The molecule has 0 saturated carbocycles. The molecule has 0 amide bonds. The number of ketones is 1. The third kappa shape index (κ3) is 4.21. The van der Waals surface area contributed by atoms with E-state index >= 15 is 0 Å². The number of carbonyl (C=O) groups is 1. The molecule has 1 N–H and O–H groups in total. The Bertz CT molecular complexity index is 1030.